The second-order valence-corrected chi connectivity index (χ2v) is 7.75. The van der Waals surface area contributed by atoms with Gasteiger partial charge in [0.2, 0.25) is 11.7 Å². The zero-order valence-electron chi connectivity index (χ0n) is 13.5. The number of hydrogen-bond donors (Lipinski definition) is 1. The third kappa shape index (κ3) is 2.65. The minimum atomic E-state index is -0.0853. The van der Waals surface area contributed by atoms with Gasteiger partial charge in [-0.25, -0.2) is 0 Å². The van der Waals surface area contributed by atoms with Crippen molar-refractivity contribution in [2.24, 2.45) is 0 Å². The lowest BCUT2D eigenvalue weighted by Gasteiger charge is -2.36. The van der Waals surface area contributed by atoms with E-state index in [2.05, 4.69) is 20.3 Å². The van der Waals surface area contributed by atoms with E-state index in [1.54, 1.807) is 33.6 Å². The minimum Gasteiger partial charge on any atom is -0.339 e. The van der Waals surface area contributed by atoms with Crippen molar-refractivity contribution in [3.8, 4) is 22.0 Å². The third-order valence-corrected chi connectivity index (χ3v) is 5.91. The molecule has 4 aromatic rings. The van der Waals surface area contributed by atoms with Crippen LogP contribution in [0.15, 0.2) is 44.9 Å². The largest absolute Gasteiger partial charge is 0.339 e. The zero-order chi connectivity index (χ0) is 17.5. The molecule has 130 valence electrons. The van der Waals surface area contributed by atoms with Crippen molar-refractivity contribution in [1.29, 1.82) is 0 Å². The molecule has 0 atom stereocenters. The van der Waals surface area contributed by atoms with Gasteiger partial charge >= 0.3 is 0 Å². The van der Waals surface area contributed by atoms with E-state index in [1.807, 2.05) is 34.3 Å². The lowest BCUT2D eigenvalue weighted by atomic mass is 9.99. The number of nitrogens with zero attached hydrogens (tertiary/aromatic N) is 4. The molecule has 1 N–H and O–H groups in total. The van der Waals surface area contributed by atoms with Crippen LogP contribution in [0.3, 0.4) is 0 Å². The Bertz CT molecular complexity index is 1030. The molecule has 0 saturated carbocycles. The second kappa shape index (κ2) is 6.19. The van der Waals surface area contributed by atoms with Gasteiger partial charge in [0.15, 0.2) is 5.69 Å². The van der Waals surface area contributed by atoms with Gasteiger partial charge in [-0.15, -0.1) is 11.3 Å². The monoisotopic (exact) mass is 383 g/mol. The summed E-state index contributed by atoms with van der Waals surface area (Å²) in [5.41, 5.74) is 2.24. The lowest BCUT2D eigenvalue weighted by molar-refractivity contribution is 0.0563. The van der Waals surface area contributed by atoms with Gasteiger partial charge in [0.25, 0.3) is 5.91 Å². The Morgan fingerprint density at radius 3 is 3.00 bits per heavy atom. The number of rotatable bonds is 4. The van der Waals surface area contributed by atoms with Crippen molar-refractivity contribution in [2.45, 2.75) is 5.92 Å². The standard InChI is InChI=1S/C17H13N5O2S2/c23-17(13-6-12(19-20-13)14-2-1-4-26-14)22-7-11(8-22)16-18-15(21-24-16)10-3-5-25-9-10/h1-6,9,11H,7-8H2,(H,19,20). The van der Waals surface area contributed by atoms with Crippen molar-refractivity contribution in [1.82, 2.24) is 25.2 Å². The van der Waals surface area contributed by atoms with E-state index < -0.39 is 0 Å². The molecule has 5 rings (SSSR count). The predicted octanol–water partition coefficient (Wildman–Crippen LogP) is 3.49. The molecular weight excluding hydrogens is 370 g/mol. The molecule has 0 unspecified atom stereocenters. The third-order valence-electron chi connectivity index (χ3n) is 4.32. The van der Waals surface area contributed by atoms with Gasteiger partial charge in [-0.05, 0) is 29.0 Å². The number of aromatic amines is 1. The fraction of sp³-hybridized carbons (Fsp3) is 0.176. The normalized spacial score (nSPS) is 14.5. The Morgan fingerprint density at radius 2 is 2.23 bits per heavy atom. The summed E-state index contributed by atoms with van der Waals surface area (Å²) in [7, 11) is 0. The molecule has 0 spiro atoms. The molecule has 26 heavy (non-hydrogen) atoms. The highest BCUT2D eigenvalue weighted by Gasteiger charge is 2.37. The van der Waals surface area contributed by atoms with Gasteiger partial charge in [-0.3, -0.25) is 9.89 Å². The molecule has 1 saturated heterocycles. The van der Waals surface area contributed by atoms with E-state index in [4.69, 9.17) is 4.52 Å². The number of hydrogen-bond acceptors (Lipinski definition) is 7. The molecule has 1 aliphatic heterocycles. The lowest BCUT2D eigenvalue weighted by Crippen LogP contribution is -2.48. The number of H-pyrrole nitrogens is 1. The first-order valence-electron chi connectivity index (χ1n) is 8.02. The molecule has 0 aliphatic carbocycles. The highest BCUT2D eigenvalue weighted by atomic mass is 32.1. The van der Waals surface area contributed by atoms with E-state index in [1.165, 1.54) is 0 Å². The molecule has 4 aromatic heterocycles. The summed E-state index contributed by atoms with van der Waals surface area (Å²) in [6, 6.07) is 7.71. The molecule has 0 aromatic carbocycles. The van der Waals surface area contributed by atoms with Crippen molar-refractivity contribution in [3.63, 3.8) is 0 Å². The SMILES string of the molecule is O=C(c1cc(-c2cccs2)[nH]n1)N1CC(c2nc(-c3ccsc3)no2)C1. The van der Waals surface area contributed by atoms with Crippen LogP contribution in [0.4, 0.5) is 0 Å². The molecule has 0 radical (unpaired) electrons. The molecule has 0 bridgehead atoms. The van der Waals surface area contributed by atoms with E-state index in [0.717, 1.165) is 16.1 Å². The highest BCUT2D eigenvalue weighted by Crippen LogP contribution is 2.30. The Balaban J connectivity index is 1.25. The Morgan fingerprint density at radius 1 is 1.31 bits per heavy atom. The average Bonchev–Trinajstić information content (AvgIpc) is 3.40. The van der Waals surface area contributed by atoms with Crippen LogP contribution in [0.25, 0.3) is 22.0 Å². The summed E-state index contributed by atoms with van der Waals surface area (Å²) in [5, 5.41) is 17.0. The fourth-order valence-corrected chi connectivity index (χ4v) is 4.19. The summed E-state index contributed by atoms with van der Waals surface area (Å²) < 4.78 is 5.36. The quantitative estimate of drug-likeness (QED) is 0.583. The minimum absolute atomic E-state index is 0.0783. The molecular formula is C17H13N5O2S2. The predicted molar refractivity (Wildman–Crippen MR) is 98.2 cm³/mol. The fourth-order valence-electron chi connectivity index (χ4n) is 2.86. The molecule has 1 fully saturated rings. The van der Waals surface area contributed by atoms with Crippen molar-refractivity contribution >= 4 is 28.6 Å². The Hall–Kier alpha value is -2.78. The topological polar surface area (TPSA) is 87.9 Å². The number of carbonyl (C=O) groups is 1. The number of thiophene rings is 2. The van der Waals surface area contributed by atoms with E-state index >= 15 is 0 Å². The summed E-state index contributed by atoms with van der Waals surface area (Å²) in [6.45, 7) is 1.12. The second-order valence-electron chi connectivity index (χ2n) is 6.02. The Kier molecular flexibility index (Phi) is 3.68. The number of amides is 1. The number of likely N-dealkylation sites (tertiary alicyclic amines) is 1. The van der Waals surface area contributed by atoms with Crippen LogP contribution >= 0.6 is 22.7 Å². The summed E-state index contributed by atoms with van der Waals surface area (Å²) in [6.07, 6.45) is 0. The van der Waals surface area contributed by atoms with Gasteiger partial charge in [0, 0.05) is 24.0 Å². The summed E-state index contributed by atoms with van der Waals surface area (Å²) >= 11 is 3.20. The van der Waals surface area contributed by atoms with Crippen LogP contribution in [0.2, 0.25) is 0 Å². The van der Waals surface area contributed by atoms with Gasteiger partial charge in [-0.1, -0.05) is 11.2 Å². The maximum absolute atomic E-state index is 12.6. The van der Waals surface area contributed by atoms with Crippen molar-refractivity contribution in [2.75, 3.05) is 13.1 Å². The summed E-state index contributed by atoms with van der Waals surface area (Å²) in [5.74, 6) is 1.17. The van der Waals surface area contributed by atoms with Crippen LogP contribution in [0.1, 0.15) is 22.3 Å². The maximum Gasteiger partial charge on any atom is 0.274 e. The van der Waals surface area contributed by atoms with Crippen LogP contribution in [0, 0.1) is 0 Å². The molecule has 7 nitrogen and oxygen atoms in total. The maximum atomic E-state index is 12.6. The number of carbonyl (C=O) groups excluding carboxylic acids is 1. The zero-order valence-corrected chi connectivity index (χ0v) is 15.1. The Labute approximate surface area is 156 Å². The first-order chi connectivity index (χ1) is 12.8. The van der Waals surface area contributed by atoms with Gasteiger partial charge in [-0.2, -0.15) is 21.4 Å². The number of aromatic nitrogens is 4. The van der Waals surface area contributed by atoms with Crippen LogP contribution in [0.5, 0.6) is 0 Å². The molecule has 5 heterocycles. The average molecular weight is 383 g/mol. The smallest absolute Gasteiger partial charge is 0.274 e. The molecule has 9 heteroatoms. The summed E-state index contributed by atoms with van der Waals surface area (Å²) in [4.78, 5) is 19.8. The van der Waals surface area contributed by atoms with E-state index in [-0.39, 0.29) is 11.8 Å². The van der Waals surface area contributed by atoms with Gasteiger partial charge < -0.3 is 9.42 Å². The van der Waals surface area contributed by atoms with Crippen LogP contribution in [-0.2, 0) is 0 Å². The van der Waals surface area contributed by atoms with Crippen molar-refractivity contribution in [3.05, 3.63) is 52.0 Å². The first-order valence-corrected chi connectivity index (χ1v) is 9.85. The van der Waals surface area contributed by atoms with E-state index in [9.17, 15) is 4.79 Å². The van der Waals surface area contributed by atoms with Gasteiger partial charge in [0.05, 0.1) is 16.5 Å². The van der Waals surface area contributed by atoms with E-state index in [0.29, 0.717) is 30.5 Å². The van der Waals surface area contributed by atoms with Crippen LogP contribution < -0.4 is 0 Å². The molecule has 1 aliphatic rings. The van der Waals surface area contributed by atoms with Gasteiger partial charge in [0.1, 0.15) is 0 Å². The number of nitrogens with one attached hydrogen (secondary N) is 1. The molecule has 1 amide bonds. The van der Waals surface area contributed by atoms with Crippen molar-refractivity contribution < 1.29 is 9.32 Å². The first kappa shape index (κ1) is 15.5. The van der Waals surface area contributed by atoms with Crippen LogP contribution in [-0.4, -0.2) is 44.2 Å². The highest BCUT2D eigenvalue weighted by molar-refractivity contribution is 7.13.